The van der Waals surface area contributed by atoms with Crippen molar-refractivity contribution >= 4 is 17.5 Å². The smallest absolute Gasteiger partial charge is 0.252 e. The van der Waals surface area contributed by atoms with Crippen molar-refractivity contribution in [3.63, 3.8) is 0 Å². The molecule has 1 heterocycles. The predicted octanol–water partition coefficient (Wildman–Crippen LogP) is 2.54. The van der Waals surface area contributed by atoms with Crippen LogP contribution in [-0.4, -0.2) is 29.3 Å². The minimum Gasteiger partial charge on any atom is -0.373 e. The summed E-state index contributed by atoms with van der Waals surface area (Å²) in [5, 5.41) is 3.15. The maximum atomic E-state index is 12.0. The second-order valence-corrected chi connectivity index (χ2v) is 6.20. The van der Waals surface area contributed by atoms with Crippen LogP contribution in [0.15, 0.2) is 24.3 Å². The second-order valence-electron chi connectivity index (χ2n) is 6.20. The maximum Gasteiger partial charge on any atom is 0.252 e. The average molecular weight is 274 g/mol. The molecule has 1 aromatic carbocycles. The van der Waals surface area contributed by atoms with Gasteiger partial charge in [-0.05, 0) is 30.0 Å². The SMILES string of the molecule is CCN1C(=O)CC(Nc2ccc(C(C)(C)C)cc2)C1=O. The van der Waals surface area contributed by atoms with Gasteiger partial charge in [-0.1, -0.05) is 32.9 Å². The summed E-state index contributed by atoms with van der Waals surface area (Å²) in [6, 6.07) is 7.62. The molecule has 1 aliphatic rings. The van der Waals surface area contributed by atoms with Gasteiger partial charge in [-0.15, -0.1) is 0 Å². The summed E-state index contributed by atoms with van der Waals surface area (Å²) in [5.74, 6) is -0.223. The van der Waals surface area contributed by atoms with Crippen LogP contribution in [-0.2, 0) is 15.0 Å². The summed E-state index contributed by atoms with van der Waals surface area (Å²) in [5.41, 5.74) is 2.23. The number of hydrogen-bond acceptors (Lipinski definition) is 3. The number of hydrogen-bond donors (Lipinski definition) is 1. The Balaban J connectivity index is 2.08. The maximum absolute atomic E-state index is 12.0. The van der Waals surface area contributed by atoms with Crippen molar-refractivity contribution < 1.29 is 9.59 Å². The molecule has 4 nitrogen and oxygen atoms in total. The molecule has 108 valence electrons. The zero-order chi connectivity index (χ0) is 14.9. The minimum atomic E-state index is -0.428. The normalized spacial score (nSPS) is 19.6. The molecule has 1 saturated heterocycles. The topological polar surface area (TPSA) is 49.4 Å². The summed E-state index contributed by atoms with van der Waals surface area (Å²) >= 11 is 0. The van der Waals surface area contributed by atoms with Crippen molar-refractivity contribution in [1.82, 2.24) is 4.90 Å². The third-order valence-corrected chi connectivity index (χ3v) is 3.65. The molecule has 1 atom stereocenters. The summed E-state index contributed by atoms with van der Waals surface area (Å²) in [7, 11) is 0. The Morgan fingerprint density at radius 3 is 2.25 bits per heavy atom. The van der Waals surface area contributed by atoms with E-state index in [1.807, 2.05) is 19.1 Å². The molecule has 0 aliphatic carbocycles. The number of carbonyl (C=O) groups is 2. The Morgan fingerprint density at radius 1 is 1.20 bits per heavy atom. The molecule has 1 aliphatic heterocycles. The van der Waals surface area contributed by atoms with Gasteiger partial charge < -0.3 is 5.32 Å². The van der Waals surface area contributed by atoms with E-state index in [2.05, 4.69) is 38.2 Å². The highest BCUT2D eigenvalue weighted by Crippen LogP contribution is 2.24. The third-order valence-electron chi connectivity index (χ3n) is 3.65. The lowest BCUT2D eigenvalue weighted by atomic mass is 9.87. The number of benzene rings is 1. The van der Waals surface area contributed by atoms with E-state index in [9.17, 15) is 9.59 Å². The Labute approximate surface area is 120 Å². The van der Waals surface area contributed by atoms with E-state index in [0.717, 1.165) is 5.69 Å². The predicted molar refractivity (Wildman–Crippen MR) is 79.6 cm³/mol. The van der Waals surface area contributed by atoms with E-state index in [0.29, 0.717) is 6.54 Å². The van der Waals surface area contributed by atoms with Gasteiger partial charge in [-0.2, -0.15) is 0 Å². The van der Waals surface area contributed by atoms with E-state index in [-0.39, 0.29) is 23.7 Å². The van der Waals surface area contributed by atoms with E-state index < -0.39 is 6.04 Å². The third kappa shape index (κ3) is 2.84. The lowest BCUT2D eigenvalue weighted by molar-refractivity contribution is -0.138. The van der Waals surface area contributed by atoms with Gasteiger partial charge in [0.05, 0.1) is 6.42 Å². The van der Waals surface area contributed by atoms with Crippen LogP contribution >= 0.6 is 0 Å². The van der Waals surface area contributed by atoms with Crippen molar-refractivity contribution in [1.29, 1.82) is 0 Å². The molecule has 1 aromatic rings. The van der Waals surface area contributed by atoms with Gasteiger partial charge in [-0.25, -0.2) is 0 Å². The van der Waals surface area contributed by atoms with Crippen molar-refractivity contribution in [3.8, 4) is 0 Å². The van der Waals surface area contributed by atoms with E-state index >= 15 is 0 Å². The van der Waals surface area contributed by atoms with Crippen LogP contribution in [0.3, 0.4) is 0 Å². The number of anilines is 1. The zero-order valence-electron chi connectivity index (χ0n) is 12.6. The van der Waals surface area contributed by atoms with E-state index in [4.69, 9.17) is 0 Å². The second kappa shape index (κ2) is 5.27. The molecule has 1 fully saturated rings. The van der Waals surface area contributed by atoms with Crippen molar-refractivity contribution in [2.24, 2.45) is 0 Å². The van der Waals surface area contributed by atoms with E-state index in [1.165, 1.54) is 10.5 Å². The summed E-state index contributed by atoms with van der Waals surface area (Å²) < 4.78 is 0. The number of imide groups is 1. The Morgan fingerprint density at radius 2 is 1.80 bits per heavy atom. The molecular weight excluding hydrogens is 252 g/mol. The molecule has 4 heteroatoms. The van der Waals surface area contributed by atoms with Crippen molar-refractivity contribution in [2.75, 3.05) is 11.9 Å². The number of likely N-dealkylation sites (tertiary alicyclic amines) is 1. The summed E-state index contributed by atoms with van der Waals surface area (Å²) in [4.78, 5) is 25.0. The number of carbonyl (C=O) groups excluding carboxylic acids is 2. The summed E-state index contributed by atoms with van der Waals surface area (Å²) in [6.07, 6.45) is 0.244. The quantitative estimate of drug-likeness (QED) is 0.862. The Hall–Kier alpha value is -1.84. The van der Waals surface area contributed by atoms with E-state index in [1.54, 1.807) is 0 Å². The largest absolute Gasteiger partial charge is 0.373 e. The lowest BCUT2D eigenvalue weighted by Crippen LogP contribution is -2.34. The number of nitrogens with zero attached hydrogens (tertiary/aromatic N) is 1. The Bertz CT molecular complexity index is 514. The van der Waals surface area contributed by atoms with Crippen molar-refractivity contribution in [3.05, 3.63) is 29.8 Å². The Kier molecular flexibility index (Phi) is 3.84. The van der Waals surface area contributed by atoms with Gasteiger partial charge in [0, 0.05) is 12.2 Å². The van der Waals surface area contributed by atoms with Crippen LogP contribution < -0.4 is 5.32 Å². The van der Waals surface area contributed by atoms with Crippen molar-refractivity contribution in [2.45, 2.75) is 45.6 Å². The van der Waals surface area contributed by atoms with Crippen LogP contribution in [0.4, 0.5) is 5.69 Å². The molecule has 1 N–H and O–H groups in total. The molecule has 1 unspecified atom stereocenters. The van der Waals surface area contributed by atoms with Crippen LogP contribution in [0.25, 0.3) is 0 Å². The van der Waals surface area contributed by atoms with Crippen LogP contribution in [0.5, 0.6) is 0 Å². The lowest BCUT2D eigenvalue weighted by Gasteiger charge is -2.20. The molecule has 20 heavy (non-hydrogen) atoms. The van der Waals surface area contributed by atoms with Crippen LogP contribution in [0, 0.1) is 0 Å². The summed E-state index contributed by atoms with van der Waals surface area (Å²) in [6.45, 7) is 8.74. The van der Waals surface area contributed by atoms with Gasteiger partial charge in [-0.3, -0.25) is 14.5 Å². The fourth-order valence-corrected chi connectivity index (χ4v) is 2.40. The molecule has 0 radical (unpaired) electrons. The monoisotopic (exact) mass is 274 g/mol. The fraction of sp³-hybridized carbons (Fsp3) is 0.500. The first-order valence-corrected chi connectivity index (χ1v) is 7.04. The fourth-order valence-electron chi connectivity index (χ4n) is 2.40. The van der Waals surface area contributed by atoms with Crippen LogP contribution in [0.1, 0.15) is 39.7 Å². The molecule has 0 saturated carbocycles. The zero-order valence-corrected chi connectivity index (χ0v) is 12.6. The van der Waals surface area contributed by atoms with Gasteiger partial charge in [0.25, 0.3) is 5.91 Å². The highest BCUT2D eigenvalue weighted by molar-refractivity contribution is 6.06. The molecule has 0 spiro atoms. The van der Waals surface area contributed by atoms with Crippen LogP contribution in [0.2, 0.25) is 0 Å². The first-order chi connectivity index (χ1) is 9.32. The number of rotatable bonds is 3. The molecule has 0 bridgehead atoms. The molecular formula is C16H22N2O2. The van der Waals surface area contributed by atoms with Gasteiger partial charge in [0.15, 0.2) is 0 Å². The molecule has 2 rings (SSSR count). The average Bonchev–Trinajstić information content (AvgIpc) is 2.63. The highest BCUT2D eigenvalue weighted by atomic mass is 16.2. The highest BCUT2D eigenvalue weighted by Gasteiger charge is 2.37. The van der Waals surface area contributed by atoms with Gasteiger partial charge >= 0.3 is 0 Å². The molecule has 0 aromatic heterocycles. The number of nitrogens with one attached hydrogen (secondary N) is 1. The number of likely N-dealkylation sites (N-methyl/N-ethyl adjacent to an activating group) is 1. The van der Waals surface area contributed by atoms with Gasteiger partial charge in [0.2, 0.25) is 5.91 Å². The van der Waals surface area contributed by atoms with Gasteiger partial charge in [0.1, 0.15) is 6.04 Å². The standard InChI is InChI=1S/C16H22N2O2/c1-5-18-14(19)10-13(15(18)20)17-12-8-6-11(7-9-12)16(2,3)4/h6-9,13,17H,5,10H2,1-4H3. The first kappa shape index (κ1) is 14.6. The number of amides is 2. The first-order valence-electron chi connectivity index (χ1n) is 7.04. The minimum absolute atomic E-state index is 0.0960. The molecule has 2 amide bonds.